The number of halogens is 3. The number of piperazine rings is 1. The van der Waals surface area contributed by atoms with Crippen LogP contribution in [-0.4, -0.2) is 42.4 Å². The number of anilines is 1. The largest absolute Gasteiger partial charge is 0.372 e. The Kier molecular flexibility index (Phi) is 10.7. The van der Waals surface area contributed by atoms with Crippen molar-refractivity contribution in [2.75, 3.05) is 31.5 Å². The Morgan fingerprint density at radius 3 is 2.36 bits per heavy atom. The Bertz CT molecular complexity index is 1050. The van der Waals surface area contributed by atoms with Gasteiger partial charge in [0.05, 0.1) is 5.02 Å². The van der Waals surface area contributed by atoms with Gasteiger partial charge >= 0.3 is 0 Å². The highest BCUT2D eigenvalue weighted by molar-refractivity contribution is 6.30. The third kappa shape index (κ3) is 7.78. The van der Waals surface area contributed by atoms with Gasteiger partial charge in [-0.1, -0.05) is 43.5 Å². The summed E-state index contributed by atoms with van der Waals surface area (Å²) < 4.78 is 26.4. The number of carbonyl (C=O) groups is 1. The summed E-state index contributed by atoms with van der Waals surface area (Å²) in [4.78, 5) is 15.7. The molecule has 2 aromatic carbocycles. The van der Waals surface area contributed by atoms with Gasteiger partial charge in [-0.05, 0) is 80.0 Å². The molecule has 36 heavy (non-hydrogen) atoms. The van der Waals surface area contributed by atoms with E-state index in [1.807, 2.05) is 13.8 Å². The summed E-state index contributed by atoms with van der Waals surface area (Å²) >= 11 is 5.41. The zero-order chi connectivity index (χ0) is 26.1. The molecule has 1 saturated heterocycles. The molecule has 1 aliphatic heterocycles. The Morgan fingerprint density at radius 2 is 1.78 bits per heavy atom. The molecule has 0 aromatic heterocycles. The molecular weight excluding hydrogens is 480 g/mol. The fourth-order valence-corrected chi connectivity index (χ4v) is 5.22. The predicted molar refractivity (Wildman–Crippen MR) is 144 cm³/mol. The van der Waals surface area contributed by atoms with Crippen LogP contribution in [0.3, 0.4) is 0 Å². The summed E-state index contributed by atoms with van der Waals surface area (Å²) in [5, 5.41) is 2.79. The molecule has 7 heteroatoms. The SMILES string of the molecule is CC/C=C(/C1CCCC1)N1CCN(Cc2cc(F)cc(NC=O)c2C)CC1.Cc1ccc(Cl)c(F)c1. The molecule has 196 valence electrons. The zero-order valence-corrected chi connectivity index (χ0v) is 22.4. The van der Waals surface area contributed by atoms with Crippen molar-refractivity contribution in [3.63, 3.8) is 0 Å². The normalized spacial score (nSPS) is 17.1. The quantitative estimate of drug-likeness (QED) is 0.398. The van der Waals surface area contributed by atoms with Crippen LogP contribution in [0.1, 0.15) is 55.7 Å². The highest BCUT2D eigenvalue weighted by Gasteiger charge is 2.26. The maximum Gasteiger partial charge on any atom is 0.211 e. The summed E-state index contributed by atoms with van der Waals surface area (Å²) in [7, 11) is 0. The molecular formula is C29H38ClF2N3O. The second-order valence-electron chi connectivity index (χ2n) is 9.70. The zero-order valence-electron chi connectivity index (χ0n) is 21.6. The van der Waals surface area contributed by atoms with E-state index in [1.54, 1.807) is 23.9 Å². The summed E-state index contributed by atoms with van der Waals surface area (Å²) in [5.74, 6) is 0.101. The summed E-state index contributed by atoms with van der Waals surface area (Å²) in [5.41, 5.74) is 4.91. The third-order valence-electron chi connectivity index (χ3n) is 7.09. The molecule has 1 aliphatic carbocycles. The molecule has 0 atom stereocenters. The molecule has 0 radical (unpaired) electrons. The first-order chi connectivity index (χ1) is 17.3. The molecule has 2 aromatic rings. The van der Waals surface area contributed by atoms with Crippen molar-refractivity contribution in [3.8, 4) is 0 Å². The molecule has 4 rings (SSSR count). The lowest BCUT2D eigenvalue weighted by atomic mass is 10.0. The van der Waals surface area contributed by atoms with Crippen LogP contribution in [0.15, 0.2) is 42.1 Å². The van der Waals surface area contributed by atoms with E-state index in [2.05, 4.69) is 28.1 Å². The first-order valence-electron chi connectivity index (χ1n) is 12.9. The Labute approximate surface area is 219 Å². The predicted octanol–water partition coefficient (Wildman–Crippen LogP) is 7.09. The van der Waals surface area contributed by atoms with Crippen LogP contribution in [0.2, 0.25) is 5.02 Å². The average Bonchev–Trinajstić information content (AvgIpc) is 3.39. The van der Waals surface area contributed by atoms with E-state index in [9.17, 15) is 13.6 Å². The molecule has 1 saturated carbocycles. The molecule has 1 heterocycles. The van der Waals surface area contributed by atoms with E-state index < -0.39 is 0 Å². The topological polar surface area (TPSA) is 35.6 Å². The van der Waals surface area contributed by atoms with E-state index in [4.69, 9.17) is 11.6 Å². The van der Waals surface area contributed by atoms with Gasteiger partial charge in [0.1, 0.15) is 11.6 Å². The minimum absolute atomic E-state index is 0.181. The van der Waals surface area contributed by atoms with Gasteiger partial charge in [-0.15, -0.1) is 0 Å². The number of aryl methyl sites for hydroxylation is 1. The van der Waals surface area contributed by atoms with Crippen LogP contribution in [0.5, 0.6) is 0 Å². The highest BCUT2D eigenvalue weighted by Crippen LogP contribution is 2.34. The number of nitrogens with zero attached hydrogens (tertiary/aromatic N) is 2. The van der Waals surface area contributed by atoms with Crippen LogP contribution in [0.4, 0.5) is 14.5 Å². The van der Waals surface area contributed by atoms with Crippen molar-refractivity contribution < 1.29 is 13.6 Å². The summed E-state index contributed by atoms with van der Waals surface area (Å²) in [6, 6.07) is 7.70. The minimum Gasteiger partial charge on any atom is -0.372 e. The van der Waals surface area contributed by atoms with Crippen molar-refractivity contribution in [1.29, 1.82) is 0 Å². The van der Waals surface area contributed by atoms with Crippen LogP contribution in [-0.2, 0) is 11.3 Å². The molecule has 0 spiro atoms. The fraction of sp³-hybridized carbons (Fsp3) is 0.483. The van der Waals surface area contributed by atoms with Gasteiger partial charge in [0.2, 0.25) is 6.41 Å². The smallest absolute Gasteiger partial charge is 0.211 e. The van der Waals surface area contributed by atoms with Crippen LogP contribution < -0.4 is 5.32 Å². The van der Waals surface area contributed by atoms with E-state index >= 15 is 0 Å². The van der Waals surface area contributed by atoms with E-state index in [0.717, 1.165) is 61.8 Å². The lowest BCUT2D eigenvalue weighted by Gasteiger charge is -2.39. The Hall–Kier alpha value is -2.44. The maximum atomic E-state index is 13.9. The number of hydrogen-bond acceptors (Lipinski definition) is 3. The van der Waals surface area contributed by atoms with Gasteiger partial charge in [0.25, 0.3) is 0 Å². The Morgan fingerprint density at radius 1 is 1.08 bits per heavy atom. The van der Waals surface area contributed by atoms with Gasteiger partial charge in [-0.3, -0.25) is 9.69 Å². The molecule has 2 fully saturated rings. The Balaban J connectivity index is 0.000000338. The van der Waals surface area contributed by atoms with E-state index in [-0.39, 0.29) is 16.7 Å². The number of hydrogen-bond donors (Lipinski definition) is 1. The standard InChI is InChI=1S/C22H32FN3O.C7H6ClF/c1-3-6-22(18-7-4-5-8-18)26-11-9-25(10-12-26)15-19-13-20(23)14-21(17(19)2)24-16-27;1-5-2-3-6(8)7(9)4-5/h6,13-14,16,18H,3-5,7-12,15H2,1-2H3,(H,24,27);2-4H,1H3/b22-6-;. The van der Waals surface area contributed by atoms with Gasteiger partial charge in [0, 0.05) is 44.1 Å². The fourth-order valence-electron chi connectivity index (χ4n) is 5.10. The molecule has 2 aliphatic rings. The number of amides is 1. The first-order valence-corrected chi connectivity index (χ1v) is 13.3. The van der Waals surface area contributed by atoms with Crippen molar-refractivity contribution in [2.24, 2.45) is 5.92 Å². The molecule has 0 unspecified atom stereocenters. The van der Waals surface area contributed by atoms with Gasteiger partial charge in [0.15, 0.2) is 0 Å². The summed E-state index contributed by atoms with van der Waals surface area (Å²) in [6.45, 7) is 10.8. The lowest BCUT2D eigenvalue weighted by molar-refractivity contribution is -0.105. The number of nitrogens with one attached hydrogen (secondary N) is 1. The molecule has 1 amide bonds. The molecule has 1 N–H and O–H groups in total. The van der Waals surface area contributed by atoms with Crippen molar-refractivity contribution >= 4 is 23.7 Å². The minimum atomic E-state index is -0.350. The lowest BCUT2D eigenvalue weighted by Crippen LogP contribution is -2.46. The van der Waals surface area contributed by atoms with Gasteiger partial charge in [-0.25, -0.2) is 8.78 Å². The first kappa shape index (κ1) is 28.1. The van der Waals surface area contributed by atoms with Crippen molar-refractivity contribution in [2.45, 2.75) is 59.4 Å². The van der Waals surface area contributed by atoms with Gasteiger partial charge in [-0.2, -0.15) is 0 Å². The van der Waals surface area contributed by atoms with Crippen molar-refractivity contribution in [3.05, 3.63) is 75.5 Å². The number of benzene rings is 2. The number of carbonyl (C=O) groups excluding carboxylic acids is 1. The van der Waals surface area contributed by atoms with Crippen molar-refractivity contribution in [1.82, 2.24) is 9.80 Å². The molecule has 4 nitrogen and oxygen atoms in total. The number of allylic oxidation sites excluding steroid dienone is 2. The van der Waals surface area contributed by atoms with Gasteiger partial charge < -0.3 is 10.2 Å². The van der Waals surface area contributed by atoms with Crippen LogP contribution in [0, 0.1) is 31.4 Å². The number of rotatable bonds is 7. The second-order valence-corrected chi connectivity index (χ2v) is 10.1. The van der Waals surface area contributed by atoms with E-state index in [0.29, 0.717) is 12.1 Å². The summed E-state index contributed by atoms with van der Waals surface area (Å²) in [6.07, 6.45) is 9.53. The second kappa shape index (κ2) is 13.8. The monoisotopic (exact) mass is 517 g/mol. The van der Waals surface area contributed by atoms with E-state index in [1.165, 1.54) is 37.8 Å². The van der Waals surface area contributed by atoms with Crippen LogP contribution in [0.25, 0.3) is 0 Å². The average molecular weight is 518 g/mol. The van der Waals surface area contributed by atoms with Crippen LogP contribution >= 0.6 is 11.6 Å². The maximum absolute atomic E-state index is 13.9. The highest BCUT2D eigenvalue weighted by atomic mass is 35.5. The molecule has 0 bridgehead atoms. The third-order valence-corrected chi connectivity index (χ3v) is 7.39.